The maximum absolute atomic E-state index is 5.47. The standard InChI is InChI=1S/C13H17N3OS2/c1-2-4-14-11-8-19-7-10(11)13-15-12(16-17-13)9-3-5-18-6-9/h3,5-6,10-11,14H,2,4,7-8H2,1H3. The van der Waals surface area contributed by atoms with Gasteiger partial charge < -0.3 is 9.84 Å². The Morgan fingerprint density at radius 3 is 3.21 bits per heavy atom. The van der Waals surface area contributed by atoms with Crippen molar-refractivity contribution in [2.45, 2.75) is 25.3 Å². The molecule has 2 aromatic rings. The number of hydrogen-bond donors (Lipinski definition) is 1. The van der Waals surface area contributed by atoms with Crippen molar-refractivity contribution >= 4 is 23.1 Å². The van der Waals surface area contributed by atoms with Crippen molar-refractivity contribution in [3.63, 3.8) is 0 Å². The number of aromatic nitrogens is 2. The first-order valence-corrected chi connectivity index (χ1v) is 8.65. The van der Waals surface area contributed by atoms with Crippen molar-refractivity contribution < 1.29 is 4.52 Å². The monoisotopic (exact) mass is 295 g/mol. The summed E-state index contributed by atoms with van der Waals surface area (Å²) < 4.78 is 5.47. The van der Waals surface area contributed by atoms with Gasteiger partial charge in [0.1, 0.15) is 0 Å². The Labute approximate surface area is 121 Å². The van der Waals surface area contributed by atoms with Crippen LogP contribution in [0.4, 0.5) is 0 Å². The molecule has 0 amide bonds. The summed E-state index contributed by atoms with van der Waals surface area (Å²) in [6.45, 7) is 3.23. The zero-order valence-electron chi connectivity index (χ0n) is 10.8. The number of nitrogens with one attached hydrogen (secondary N) is 1. The van der Waals surface area contributed by atoms with Gasteiger partial charge in [0.25, 0.3) is 0 Å². The third-order valence-corrected chi connectivity index (χ3v) is 5.15. The van der Waals surface area contributed by atoms with Crippen molar-refractivity contribution in [3.8, 4) is 11.4 Å². The lowest BCUT2D eigenvalue weighted by atomic mass is 10.0. The summed E-state index contributed by atoms with van der Waals surface area (Å²) >= 11 is 3.60. The normalized spacial score (nSPS) is 23.0. The van der Waals surface area contributed by atoms with Crippen molar-refractivity contribution in [1.82, 2.24) is 15.5 Å². The van der Waals surface area contributed by atoms with Crippen LogP contribution < -0.4 is 5.32 Å². The second-order valence-electron chi connectivity index (χ2n) is 4.67. The van der Waals surface area contributed by atoms with Crippen LogP contribution in [0.15, 0.2) is 21.3 Å². The molecule has 0 spiro atoms. The fraction of sp³-hybridized carbons (Fsp3) is 0.538. The van der Waals surface area contributed by atoms with Crippen LogP contribution >= 0.6 is 23.1 Å². The summed E-state index contributed by atoms with van der Waals surface area (Å²) in [7, 11) is 0. The van der Waals surface area contributed by atoms with E-state index in [2.05, 4.69) is 22.4 Å². The van der Waals surface area contributed by atoms with Crippen molar-refractivity contribution in [3.05, 3.63) is 22.7 Å². The van der Waals surface area contributed by atoms with Gasteiger partial charge in [0, 0.05) is 28.5 Å². The van der Waals surface area contributed by atoms with Crippen LogP contribution in [0.3, 0.4) is 0 Å². The Kier molecular flexibility index (Phi) is 4.20. The molecule has 3 heterocycles. The molecule has 0 bridgehead atoms. The van der Waals surface area contributed by atoms with Gasteiger partial charge in [-0.2, -0.15) is 28.1 Å². The van der Waals surface area contributed by atoms with Gasteiger partial charge in [-0.25, -0.2) is 0 Å². The van der Waals surface area contributed by atoms with E-state index in [1.165, 1.54) is 0 Å². The Hall–Kier alpha value is -0.850. The molecule has 3 rings (SSSR count). The van der Waals surface area contributed by atoms with Crippen LogP contribution in [0, 0.1) is 0 Å². The molecule has 1 N–H and O–H groups in total. The number of thioether (sulfide) groups is 1. The molecule has 4 nitrogen and oxygen atoms in total. The highest BCUT2D eigenvalue weighted by Gasteiger charge is 2.33. The lowest BCUT2D eigenvalue weighted by molar-refractivity contribution is 0.339. The van der Waals surface area contributed by atoms with E-state index < -0.39 is 0 Å². The first-order valence-electron chi connectivity index (χ1n) is 6.55. The van der Waals surface area contributed by atoms with Gasteiger partial charge >= 0.3 is 0 Å². The molecule has 0 aromatic carbocycles. The molecule has 19 heavy (non-hydrogen) atoms. The molecule has 2 aromatic heterocycles. The van der Waals surface area contributed by atoms with E-state index in [9.17, 15) is 0 Å². The third kappa shape index (κ3) is 2.85. The largest absolute Gasteiger partial charge is 0.339 e. The Bertz CT molecular complexity index is 512. The summed E-state index contributed by atoms with van der Waals surface area (Å²) in [5, 5.41) is 11.8. The van der Waals surface area contributed by atoms with Gasteiger partial charge in [-0.05, 0) is 24.4 Å². The molecule has 1 aliphatic heterocycles. The highest BCUT2D eigenvalue weighted by Crippen LogP contribution is 2.33. The Morgan fingerprint density at radius 1 is 1.47 bits per heavy atom. The molecule has 0 saturated carbocycles. The third-order valence-electron chi connectivity index (χ3n) is 3.28. The molecule has 1 saturated heterocycles. The molecule has 102 valence electrons. The van der Waals surface area contributed by atoms with Crippen LogP contribution in [0.25, 0.3) is 11.4 Å². The number of nitrogens with zero attached hydrogens (tertiary/aromatic N) is 2. The molecule has 0 radical (unpaired) electrons. The maximum atomic E-state index is 5.47. The van der Waals surface area contributed by atoms with Gasteiger partial charge in [0.2, 0.25) is 11.7 Å². The second-order valence-corrected chi connectivity index (χ2v) is 6.53. The molecular formula is C13H17N3OS2. The summed E-state index contributed by atoms with van der Waals surface area (Å²) in [6, 6.07) is 2.48. The molecular weight excluding hydrogens is 278 g/mol. The maximum Gasteiger partial charge on any atom is 0.232 e. The van der Waals surface area contributed by atoms with Crippen LogP contribution in [0.1, 0.15) is 25.2 Å². The van der Waals surface area contributed by atoms with Crippen molar-refractivity contribution in [1.29, 1.82) is 0 Å². The quantitative estimate of drug-likeness (QED) is 0.919. The zero-order chi connectivity index (χ0) is 13.1. The zero-order valence-corrected chi connectivity index (χ0v) is 12.5. The highest BCUT2D eigenvalue weighted by molar-refractivity contribution is 7.99. The smallest absolute Gasteiger partial charge is 0.232 e. The minimum atomic E-state index is 0.344. The van der Waals surface area contributed by atoms with Crippen LogP contribution in [0.2, 0.25) is 0 Å². The minimum Gasteiger partial charge on any atom is -0.339 e. The van der Waals surface area contributed by atoms with E-state index in [1.54, 1.807) is 11.3 Å². The lowest BCUT2D eigenvalue weighted by Gasteiger charge is -2.16. The Morgan fingerprint density at radius 2 is 2.42 bits per heavy atom. The minimum absolute atomic E-state index is 0.344. The van der Waals surface area contributed by atoms with E-state index in [4.69, 9.17) is 4.52 Å². The SMILES string of the molecule is CCCNC1CSCC1c1nc(-c2ccsc2)no1. The average Bonchev–Trinajstić information content (AvgIpc) is 3.14. The average molecular weight is 295 g/mol. The summed E-state index contributed by atoms with van der Waals surface area (Å²) in [5.41, 5.74) is 1.05. The van der Waals surface area contributed by atoms with E-state index in [1.807, 2.05) is 28.6 Å². The van der Waals surface area contributed by atoms with E-state index in [0.29, 0.717) is 17.8 Å². The number of rotatable bonds is 5. The Balaban J connectivity index is 1.75. The number of hydrogen-bond acceptors (Lipinski definition) is 6. The summed E-state index contributed by atoms with van der Waals surface area (Å²) in [4.78, 5) is 4.57. The van der Waals surface area contributed by atoms with Gasteiger partial charge in [-0.1, -0.05) is 12.1 Å². The highest BCUT2D eigenvalue weighted by atomic mass is 32.2. The van der Waals surface area contributed by atoms with Gasteiger partial charge in [0.05, 0.1) is 5.92 Å². The fourth-order valence-electron chi connectivity index (χ4n) is 2.22. The van der Waals surface area contributed by atoms with Gasteiger partial charge in [-0.3, -0.25) is 0 Å². The first kappa shape index (κ1) is 13.1. The van der Waals surface area contributed by atoms with E-state index >= 15 is 0 Å². The van der Waals surface area contributed by atoms with Crippen LogP contribution in [0.5, 0.6) is 0 Å². The van der Waals surface area contributed by atoms with E-state index in [-0.39, 0.29) is 0 Å². The molecule has 2 atom stereocenters. The van der Waals surface area contributed by atoms with Crippen molar-refractivity contribution in [2.24, 2.45) is 0 Å². The summed E-state index contributed by atoms with van der Waals surface area (Å²) in [5.74, 6) is 4.02. The van der Waals surface area contributed by atoms with Crippen LogP contribution in [-0.2, 0) is 0 Å². The lowest BCUT2D eigenvalue weighted by Crippen LogP contribution is -2.34. The van der Waals surface area contributed by atoms with Crippen molar-refractivity contribution in [2.75, 3.05) is 18.1 Å². The summed E-state index contributed by atoms with van der Waals surface area (Å²) in [6.07, 6.45) is 1.15. The van der Waals surface area contributed by atoms with Gasteiger partial charge in [-0.15, -0.1) is 0 Å². The van der Waals surface area contributed by atoms with Crippen LogP contribution in [-0.4, -0.2) is 34.2 Å². The predicted molar refractivity (Wildman–Crippen MR) is 79.8 cm³/mol. The first-order chi connectivity index (χ1) is 9.38. The molecule has 6 heteroatoms. The molecule has 2 unspecified atom stereocenters. The molecule has 0 aliphatic carbocycles. The van der Waals surface area contributed by atoms with E-state index in [0.717, 1.165) is 35.9 Å². The molecule has 1 fully saturated rings. The predicted octanol–water partition coefficient (Wildman–Crippen LogP) is 3.00. The number of thiophene rings is 1. The topological polar surface area (TPSA) is 51.0 Å². The van der Waals surface area contributed by atoms with Gasteiger partial charge in [0.15, 0.2) is 0 Å². The fourth-order valence-corrected chi connectivity index (χ4v) is 4.23. The molecule has 1 aliphatic rings. The second kappa shape index (κ2) is 6.07.